The Labute approximate surface area is 160 Å². The maximum Gasteiger partial charge on any atom is 0.253 e. The molecule has 0 radical (unpaired) electrons. The van der Waals surface area contributed by atoms with Crippen molar-refractivity contribution in [1.29, 1.82) is 0 Å². The number of nitrogens with two attached hydrogens (primary N) is 1. The molecule has 0 amide bonds. The summed E-state index contributed by atoms with van der Waals surface area (Å²) < 4.78 is 17.6. The van der Waals surface area contributed by atoms with Crippen molar-refractivity contribution in [1.82, 2.24) is 0 Å². The summed E-state index contributed by atoms with van der Waals surface area (Å²) in [4.78, 5) is 24.0. The second-order valence-corrected chi connectivity index (χ2v) is 7.88. The van der Waals surface area contributed by atoms with Crippen LogP contribution in [0, 0.1) is 13.8 Å². The summed E-state index contributed by atoms with van der Waals surface area (Å²) in [5, 5.41) is 10.6. The van der Waals surface area contributed by atoms with Gasteiger partial charge in [0.05, 0.1) is 0 Å². The Bertz CT molecular complexity index is 944. The highest BCUT2D eigenvalue weighted by molar-refractivity contribution is 7.69. The molecule has 0 bridgehead atoms. The van der Waals surface area contributed by atoms with Crippen LogP contribution in [0.5, 0.6) is 0 Å². The van der Waals surface area contributed by atoms with Crippen LogP contribution in [0.4, 0.5) is 17.1 Å². The molecule has 1 fully saturated rings. The van der Waals surface area contributed by atoms with Gasteiger partial charge in [-0.15, -0.1) is 0 Å². The Balaban J connectivity index is 0.000000596. The third kappa shape index (κ3) is 5.17. The first-order chi connectivity index (χ1) is 12.6. The predicted octanol–water partition coefficient (Wildman–Crippen LogP) is 2.25. The van der Waals surface area contributed by atoms with Gasteiger partial charge in [0.15, 0.2) is 10.9 Å². The smallest absolute Gasteiger partial charge is 0.253 e. The Morgan fingerprint density at radius 2 is 1.56 bits per heavy atom. The summed E-state index contributed by atoms with van der Waals surface area (Å²) in [6.07, 6.45) is 5.65. The van der Waals surface area contributed by atoms with Crippen LogP contribution in [0.25, 0.3) is 0 Å². The van der Waals surface area contributed by atoms with Gasteiger partial charge in [0.2, 0.25) is 0 Å². The van der Waals surface area contributed by atoms with E-state index in [0.717, 1.165) is 29.7 Å². The number of hydrogen-bond donors (Lipinski definition) is 4. The minimum atomic E-state index is -2.62. The van der Waals surface area contributed by atoms with E-state index in [0.29, 0.717) is 11.4 Å². The predicted molar refractivity (Wildman–Crippen MR) is 110 cm³/mol. The molecular formula is C19H27N3O4S. The molecule has 2 aromatic carbocycles. The fourth-order valence-electron chi connectivity index (χ4n) is 3.41. The monoisotopic (exact) mass is 393 g/mol. The van der Waals surface area contributed by atoms with Crippen molar-refractivity contribution in [2.75, 3.05) is 10.6 Å². The number of anilines is 3. The molecular weight excluding hydrogens is 366 g/mol. The average Bonchev–Trinajstić information content (AvgIpc) is 2.61. The molecule has 7 nitrogen and oxygen atoms in total. The number of hydrogen-bond acceptors (Lipinski definition) is 6. The van der Waals surface area contributed by atoms with E-state index >= 15 is 0 Å². The topological polar surface area (TPSA) is 118 Å². The Morgan fingerprint density at radius 3 is 2.15 bits per heavy atom. The first kappa shape index (κ1) is 21.1. The molecule has 3 rings (SSSR count). The molecule has 1 aliphatic rings. The highest BCUT2D eigenvalue weighted by Gasteiger charge is 2.31. The van der Waals surface area contributed by atoms with E-state index in [1.54, 1.807) is 0 Å². The van der Waals surface area contributed by atoms with Crippen molar-refractivity contribution in [3.63, 3.8) is 0 Å². The lowest BCUT2D eigenvalue weighted by atomic mass is 9.83. The van der Waals surface area contributed by atoms with Gasteiger partial charge in [0.25, 0.3) is 10.9 Å². The molecule has 0 unspecified atom stereocenters. The van der Waals surface area contributed by atoms with Gasteiger partial charge in [-0.1, -0.05) is 31.4 Å². The Morgan fingerprint density at radius 1 is 1.00 bits per heavy atom. The SMILES string of the molecule is Cc1cccc(Nc2c(NC3(C)CCCCC3)c(=O)c2=O)c1C.N[SH](=O)=O. The van der Waals surface area contributed by atoms with E-state index in [9.17, 15) is 9.59 Å². The number of benzene rings is 1. The highest BCUT2D eigenvalue weighted by Crippen LogP contribution is 2.33. The van der Waals surface area contributed by atoms with Crippen LogP contribution < -0.4 is 26.6 Å². The number of rotatable bonds is 4. The van der Waals surface area contributed by atoms with Gasteiger partial charge < -0.3 is 10.6 Å². The van der Waals surface area contributed by atoms with Crippen LogP contribution in [0.2, 0.25) is 0 Å². The van der Waals surface area contributed by atoms with E-state index in [4.69, 9.17) is 8.42 Å². The van der Waals surface area contributed by atoms with Crippen LogP contribution in [0.3, 0.4) is 0 Å². The van der Waals surface area contributed by atoms with Crippen molar-refractivity contribution in [3.8, 4) is 0 Å². The average molecular weight is 394 g/mol. The summed E-state index contributed by atoms with van der Waals surface area (Å²) in [5.74, 6) is 0. The molecule has 1 saturated carbocycles. The maximum absolute atomic E-state index is 12.0. The number of aryl methyl sites for hydroxylation is 1. The van der Waals surface area contributed by atoms with Gasteiger partial charge >= 0.3 is 0 Å². The second kappa shape index (κ2) is 8.67. The third-order valence-electron chi connectivity index (χ3n) is 5.16. The summed E-state index contributed by atoms with van der Waals surface area (Å²) >= 11 is 0. The highest BCUT2D eigenvalue weighted by atomic mass is 32.2. The van der Waals surface area contributed by atoms with Gasteiger partial charge in [-0.05, 0) is 50.8 Å². The Kier molecular flexibility index (Phi) is 6.78. The molecule has 0 spiro atoms. The van der Waals surface area contributed by atoms with E-state index in [1.165, 1.54) is 19.3 Å². The zero-order chi connectivity index (χ0) is 20.2. The van der Waals surface area contributed by atoms with Gasteiger partial charge in [0, 0.05) is 11.2 Å². The standard InChI is InChI=1S/C19H24N2O2.H3NO2S/c1-12-8-7-9-14(13(12)2)20-15-16(18(23)17(15)22)21-19(3)10-5-4-6-11-19;1-4(2)3/h7-9,20-21H,4-6,10-11H2,1-3H3;4H,(H2,1,2,3). The molecule has 4 N–H and O–H groups in total. The normalized spacial score (nSPS) is 15.9. The first-order valence-electron chi connectivity index (χ1n) is 8.98. The van der Waals surface area contributed by atoms with Crippen LogP contribution in [0.1, 0.15) is 50.2 Å². The van der Waals surface area contributed by atoms with Crippen LogP contribution in [-0.4, -0.2) is 14.0 Å². The van der Waals surface area contributed by atoms with Crippen LogP contribution in [-0.2, 0) is 10.9 Å². The lowest BCUT2D eigenvalue weighted by molar-refractivity contribution is 0.349. The summed E-state index contributed by atoms with van der Waals surface area (Å²) in [6, 6.07) is 5.92. The molecule has 0 heterocycles. The molecule has 1 aliphatic carbocycles. The maximum atomic E-state index is 12.0. The molecule has 0 aliphatic heterocycles. The van der Waals surface area contributed by atoms with Crippen molar-refractivity contribution >= 4 is 28.0 Å². The van der Waals surface area contributed by atoms with E-state index < -0.39 is 21.7 Å². The van der Waals surface area contributed by atoms with E-state index in [1.807, 2.05) is 32.0 Å². The van der Waals surface area contributed by atoms with Gasteiger partial charge in [-0.3, -0.25) is 9.59 Å². The van der Waals surface area contributed by atoms with Crippen LogP contribution >= 0.6 is 0 Å². The largest absolute Gasteiger partial charge is 0.375 e. The Hall–Kier alpha value is -2.19. The third-order valence-corrected chi connectivity index (χ3v) is 5.16. The van der Waals surface area contributed by atoms with Crippen LogP contribution in [0.15, 0.2) is 27.8 Å². The zero-order valence-corrected chi connectivity index (χ0v) is 16.8. The number of nitrogens with one attached hydrogen (secondary N) is 2. The fraction of sp³-hybridized carbons (Fsp3) is 0.474. The zero-order valence-electron chi connectivity index (χ0n) is 15.9. The molecule has 2 aromatic rings. The summed E-state index contributed by atoms with van der Waals surface area (Å²) in [5.41, 5.74) is 3.10. The molecule has 0 saturated heterocycles. The molecule has 0 atom stereocenters. The van der Waals surface area contributed by atoms with E-state index in [-0.39, 0.29) is 5.54 Å². The van der Waals surface area contributed by atoms with Crippen molar-refractivity contribution in [2.24, 2.45) is 5.14 Å². The van der Waals surface area contributed by atoms with Gasteiger partial charge in [-0.25, -0.2) is 13.6 Å². The molecule has 8 heteroatoms. The number of thiol groups is 1. The lowest BCUT2D eigenvalue weighted by Gasteiger charge is -2.36. The van der Waals surface area contributed by atoms with E-state index in [2.05, 4.69) is 22.7 Å². The lowest BCUT2D eigenvalue weighted by Crippen LogP contribution is -2.44. The molecule has 0 aromatic heterocycles. The first-order valence-corrected chi connectivity index (χ1v) is 10.2. The van der Waals surface area contributed by atoms with Gasteiger partial charge in [0.1, 0.15) is 11.4 Å². The minimum Gasteiger partial charge on any atom is -0.375 e. The fourth-order valence-corrected chi connectivity index (χ4v) is 3.41. The molecule has 148 valence electrons. The summed E-state index contributed by atoms with van der Waals surface area (Å²) in [7, 11) is -2.62. The molecule has 27 heavy (non-hydrogen) atoms. The quantitative estimate of drug-likeness (QED) is 0.467. The van der Waals surface area contributed by atoms with Crippen molar-refractivity contribution in [2.45, 2.75) is 58.4 Å². The minimum absolute atomic E-state index is 0.0848. The van der Waals surface area contributed by atoms with Crippen molar-refractivity contribution < 1.29 is 8.42 Å². The second-order valence-electron chi connectivity index (χ2n) is 7.31. The summed E-state index contributed by atoms with van der Waals surface area (Å²) in [6.45, 7) is 6.19. The van der Waals surface area contributed by atoms with Gasteiger partial charge in [-0.2, -0.15) is 0 Å². The van der Waals surface area contributed by atoms with Crippen molar-refractivity contribution in [3.05, 3.63) is 49.8 Å².